The second kappa shape index (κ2) is 11.1. The summed E-state index contributed by atoms with van der Waals surface area (Å²) < 4.78 is 12.3. The fraction of sp³-hybridized carbons (Fsp3) is 0.276. The zero-order valence-electron chi connectivity index (χ0n) is 21.1. The van der Waals surface area contributed by atoms with E-state index in [0.717, 1.165) is 6.42 Å². The van der Waals surface area contributed by atoms with Crippen molar-refractivity contribution in [1.29, 1.82) is 0 Å². The van der Waals surface area contributed by atoms with E-state index in [4.69, 9.17) is 14.5 Å². The Kier molecular flexibility index (Phi) is 7.68. The first-order chi connectivity index (χ1) is 17.5. The molecule has 1 atom stereocenters. The zero-order chi connectivity index (χ0) is 25.7. The molecule has 1 aromatic heterocycles. The molecule has 7 heteroatoms. The van der Waals surface area contributed by atoms with Crippen molar-refractivity contribution in [2.24, 2.45) is 0 Å². The van der Waals surface area contributed by atoms with Gasteiger partial charge >= 0.3 is 0 Å². The molecule has 4 aromatic rings. The number of carbonyl (C=O) groups is 1. The van der Waals surface area contributed by atoms with Gasteiger partial charge in [0.15, 0.2) is 0 Å². The fourth-order valence-electron chi connectivity index (χ4n) is 4.46. The van der Waals surface area contributed by atoms with Crippen LogP contribution >= 0.6 is 0 Å². The van der Waals surface area contributed by atoms with Crippen molar-refractivity contribution < 1.29 is 14.3 Å². The van der Waals surface area contributed by atoms with Gasteiger partial charge in [0.1, 0.15) is 17.3 Å². The highest BCUT2D eigenvalue weighted by atomic mass is 16.5. The lowest BCUT2D eigenvalue weighted by atomic mass is 10.1. The van der Waals surface area contributed by atoms with E-state index in [2.05, 4.69) is 0 Å². The first-order valence-electron chi connectivity index (χ1n) is 12.1. The average molecular weight is 486 g/mol. The van der Waals surface area contributed by atoms with Gasteiger partial charge in [-0.3, -0.25) is 14.2 Å². The molecule has 0 bridgehead atoms. The van der Waals surface area contributed by atoms with Gasteiger partial charge in [0.05, 0.1) is 36.9 Å². The number of fused-ring (bicyclic) bond motifs is 1. The van der Waals surface area contributed by atoms with Crippen molar-refractivity contribution in [3.8, 4) is 17.2 Å². The summed E-state index contributed by atoms with van der Waals surface area (Å²) in [6.07, 6.45) is 1.34. The predicted octanol–water partition coefficient (Wildman–Crippen LogP) is 5.41. The minimum Gasteiger partial charge on any atom is -0.497 e. The molecule has 1 heterocycles. The number of hydrogen-bond donors (Lipinski definition) is 0. The van der Waals surface area contributed by atoms with E-state index in [1.54, 1.807) is 43.1 Å². The standard InChI is InChI=1S/C29H31N3O4/c1-5-18-31(28(33)20-10-9-11-23(19-20)36-4)26(6-2)27-30-25-13-8-7-12-24(25)29(34)32(27)21-14-16-22(35-3)17-15-21/h7-17,19,26H,5-6,18H2,1-4H3. The second-order valence-corrected chi connectivity index (χ2v) is 8.48. The highest BCUT2D eigenvalue weighted by molar-refractivity contribution is 5.95. The van der Waals surface area contributed by atoms with Crippen LogP contribution in [0, 0.1) is 0 Å². The van der Waals surface area contributed by atoms with E-state index < -0.39 is 6.04 Å². The van der Waals surface area contributed by atoms with Crippen LogP contribution in [0.1, 0.15) is 48.9 Å². The van der Waals surface area contributed by atoms with Crippen LogP contribution in [-0.2, 0) is 0 Å². The van der Waals surface area contributed by atoms with Gasteiger partial charge in [-0.2, -0.15) is 0 Å². The lowest BCUT2D eigenvalue weighted by Crippen LogP contribution is -2.39. The van der Waals surface area contributed by atoms with Gasteiger partial charge < -0.3 is 14.4 Å². The number of methoxy groups -OCH3 is 2. The van der Waals surface area contributed by atoms with Crippen molar-refractivity contribution in [3.63, 3.8) is 0 Å². The molecule has 0 radical (unpaired) electrons. The molecule has 0 fully saturated rings. The predicted molar refractivity (Wildman–Crippen MR) is 141 cm³/mol. The molecule has 0 N–H and O–H groups in total. The van der Waals surface area contributed by atoms with Crippen molar-refractivity contribution >= 4 is 16.8 Å². The summed E-state index contributed by atoms with van der Waals surface area (Å²) in [6.45, 7) is 4.55. The lowest BCUT2D eigenvalue weighted by molar-refractivity contribution is 0.0659. The van der Waals surface area contributed by atoms with Crippen LogP contribution in [0.3, 0.4) is 0 Å². The number of hydrogen-bond acceptors (Lipinski definition) is 5. The molecule has 186 valence electrons. The van der Waals surface area contributed by atoms with Crippen LogP contribution in [0.15, 0.2) is 77.6 Å². The molecule has 3 aromatic carbocycles. The number of amides is 1. The van der Waals surface area contributed by atoms with Gasteiger partial charge in [-0.05, 0) is 67.4 Å². The minimum atomic E-state index is -0.428. The second-order valence-electron chi connectivity index (χ2n) is 8.48. The maximum absolute atomic E-state index is 13.8. The van der Waals surface area contributed by atoms with Crippen LogP contribution in [0.5, 0.6) is 11.5 Å². The summed E-state index contributed by atoms with van der Waals surface area (Å²) in [4.78, 5) is 34.4. The van der Waals surface area contributed by atoms with E-state index >= 15 is 0 Å². The van der Waals surface area contributed by atoms with Crippen molar-refractivity contribution in [2.75, 3.05) is 20.8 Å². The maximum Gasteiger partial charge on any atom is 0.266 e. The summed E-state index contributed by atoms with van der Waals surface area (Å²) in [7, 11) is 3.18. The van der Waals surface area contributed by atoms with E-state index in [9.17, 15) is 9.59 Å². The third-order valence-corrected chi connectivity index (χ3v) is 6.24. The number of nitrogens with zero attached hydrogens (tertiary/aromatic N) is 3. The van der Waals surface area contributed by atoms with Gasteiger partial charge in [-0.15, -0.1) is 0 Å². The summed E-state index contributed by atoms with van der Waals surface area (Å²) in [5, 5.41) is 0.521. The van der Waals surface area contributed by atoms with Gasteiger partial charge in [-0.1, -0.05) is 32.0 Å². The summed E-state index contributed by atoms with van der Waals surface area (Å²) in [5.41, 5.74) is 1.62. The smallest absolute Gasteiger partial charge is 0.266 e. The van der Waals surface area contributed by atoms with Gasteiger partial charge in [0.2, 0.25) is 0 Å². The van der Waals surface area contributed by atoms with Crippen LogP contribution in [0.2, 0.25) is 0 Å². The quantitative estimate of drug-likeness (QED) is 0.317. The Morgan fingerprint density at radius 1 is 0.944 bits per heavy atom. The minimum absolute atomic E-state index is 0.133. The van der Waals surface area contributed by atoms with Crippen LogP contribution < -0.4 is 15.0 Å². The molecule has 0 aliphatic carbocycles. The highest BCUT2D eigenvalue weighted by Crippen LogP contribution is 2.29. The maximum atomic E-state index is 13.8. The number of rotatable bonds is 9. The normalized spacial score (nSPS) is 11.8. The Morgan fingerprint density at radius 2 is 1.67 bits per heavy atom. The van der Waals surface area contributed by atoms with Crippen LogP contribution in [0.25, 0.3) is 16.6 Å². The molecule has 0 aliphatic rings. The molecule has 36 heavy (non-hydrogen) atoms. The van der Waals surface area contributed by atoms with Gasteiger partial charge in [0, 0.05) is 12.1 Å². The zero-order valence-corrected chi connectivity index (χ0v) is 21.1. The number of ether oxygens (including phenoxy) is 2. The Hall–Kier alpha value is -4.13. The van der Waals surface area contributed by atoms with Crippen molar-refractivity contribution in [2.45, 2.75) is 32.7 Å². The first kappa shape index (κ1) is 25.0. The Labute approximate surface area is 210 Å². The average Bonchev–Trinajstić information content (AvgIpc) is 2.93. The lowest BCUT2D eigenvalue weighted by Gasteiger charge is -2.32. The van der Waals surface area contributed by atoms with E-state index in [1.165, 1.54) is 0 Å². The van der Waals surface area contributed by atoms with Crippen molar-refractivity contribution in [3.05, 3.63) is 94.5 Å². The first-order valence-corrected chi connectivity index (χ1v) is 12.1. The molecule has 0 spiro atoms. The monoisotopic (exact) mass is 485 g/mol. The van der Waals surface area contributed by atoms with E-state index in [1.807, 2.05) is 67.3 Å². The van der Waals surface area contributed by atoms with Crippen LogP contribution in [-0.4, -0.2) is 41.1 Å². The Bertz CT molecular complexity index is 1410. The molecule has 1 amide bonds. The highest BCUT2D eigenvalue weighted by Gasteiger charge is 2.29. The molecular weight excluding hydrogens is 454 g/mol. The van der Waals surface area contributed by atoms with Gasteiger partial charge in [0.25, 0.3) is 11.5 Å². The van der Waals surface area contributed by atoms with Crippen molar-refractivity contribution in [1.82, 2.24) is 14.5 Å². The number of para-hydroxylation sites is 1. The summed E-state index contributed by atoms with van der Waals surface area (Å²) >= 11 is 0. The van der Waals surface area contributed by atoms with Crippen LogP contribution in [0.4, 0.5) is 0 Å². The topological polar surface area (TPSA) is 73.7 Å². The molecular formula is C29H31N3O4. The molecule has 0 saturated heterocycles. The van der Waals surface area contributed by atoms with E-state index in [0.29, 0.717) is 52.4 Å². The summed E-state index contributed by atoms with van der Waals surface area (Å²) in [5.74, 6) is 1.70. The SMILES string of the molecule is CCCN(C(=O)c1cccc(OC)c1)C(CC)c1nc2ccccc2c(=O)n1-c1ccc(OC)cc1. The number of carbonyl (C=O) groups excluding carboxylic acids is 1. The van der Waals surface area contributed by atoms with E-state index in [-0.39, 0.29) is 11.5 Å². The number of aromatic nitrogens is 2. The third-order valence-electron chi connectivity index (χ3n) is 6.24. The molecule has 1 unspecified atom stereocenters. The summed E-state index contributed by atoms with van der Waals surface area (Å²) in [6, 6.07) is 21.3. The number of benzene rings is 3. The molecule has 0 aliphatic heterocycles. The largest absolute Gasteiger partial charge is 0.497 e. The fourth-order valence-corrected chi connectivity index (χ4v) is 4.46. The Balaban J connectivity index is 1.92. The molecule has 0 saturated carbocycles. The molecule has 7 nitrogen and oxygen atoms in total. The Morgan fingerprint density at radius 3 is 2.33 bits per heavy atom. The molecule has 4 rings (SSSR count). The third kappa shape index (κ3) is 4.82. The van der Waals surface area contributed by atoms with Gasteiger partial charge in [-0.25, -0.2) is 4.98 Å².